The highest BCUT2D eigenvalue weighted by atomic mass is 19.1. The Morgan fingerprint density at radius 1 is 1.50 bits per heavy atom. The summed E-state index contributed by atoms with van der Waals surface area (Å²) in [6.45, 7) is 3.10. The molecule has 1 aliphatic rings. The number of nitrogens with one attached hydrogen (secondary N) is 2. The SMILES string of the molecule is C[C@H](NC(=O)CNCC1CC1)c1cccc(F)c1. The molecule has 0 radical (unpaired) electrons. The van der Waals surface area contributed by atoms with E-state index in [9.17, 15) is 9.18 Å². The fraction of sp³-hybridized carbons (Fsp3) is 0.500. The number of amides is 1. The van der Waals surface area contributed by atoms with Crippen LogP contribution in [0.25, 0.3) is 0 Å². The third kappa shape index (κ3) is 4.11. The highest BCUT2D eigenvalue weighted by Gasteiger charge is 2.20. The number of benzene rings is 1. The van der Waals surface area contributed by atoms with Crippen molar-refractivity contribution in [1.29, 1.82) is 0 Å². The fourth-order valence-electron chi connectivity index (χ4n) is 1.86. The summed E-state index contributed by atoms with van der Waals surface area (Å²) in [5.41, 5.74) is 0.783. The van der Waals surface area contributed by atoms with E-state index in [-0.39, 0.29) is 17.8 Å². The quantitative estimate of drug-likeness (QED) is 0.811. The summed E-state index contributed by atoms with van der Waals surface area (Å²) in [7, 11) is 0. The first-order chi connectivity index (χ1) is 8.65. The molecule has 1 amide bonds. The van der Waals surface area contributed by atoms with Crippen molar-refractivity contribution in [1.82, 2.24) is 10.6 Å². The maximum absolute atomic E-state index is 13.0. The number of hydrogen-bond donors (Lipinski definition) is 2. The summed E-state index contributed by atoms with van der Waals surface area (Å²) in [5, 5.41) is 5.98. The smallest absolute Gasteiger partial charge is 0.234 e. The van der Waals surface area contributed by atoms with Crippen LogP contribution in [-0.4, -0.2) is 19.0 Å². The average Bonchev–Trinajstić information content (AvgIpc) is 3.13. The Morgan fingerprint density at radius 3 is 2.94 bits per heavy atom. The summed E-state index contributed by atoms with van der Waals surface area (Å²) < 4.78 is 13.0. The van der Waals surface area contributed by atoms with Crippen LogP contribution in [0.15, 0.2) is 24.3 Å². The maximum atomic E-state index is 13.0. The van der Waals surface area contributed by atoms with Crippen molar-refractivity contribution in [3.63, 3.8) is 0 Å². The summed E-state index contributed by atoms with van der Waals surface area (Å²) in [6, 6.07) is 6.14. The normalized spacial score (nSPS) is 16.3. The minimum atomic E-state index is -0.277. The Balaban J connectivity index is 1.75. The van der Waals surface area contributed by atoms with Gasteiger partial charge in [-0.2, -0.15) is 0 Å². The van der Waals surface area contributed by atoms with Crippen molar-refractivity contribution < 1.29 is 9.18 Å². The van der Waals surface area contributed by atoms with E-state index in [4.69, 9.17) is 0 Å². The molecule has 3 nitrogen and oxygen atoms in total. The Bertz CT molecular complexity index is 418. The summed E-state index contributed by atoms with van der Waals surface area (Å²) in [6.07, 6.45) is 2.54. The van der Waals surface area contributed by atoms with Gasteiger partial charge in [0.15, 0.2) is 0 Å². The molecule has 1 aromatic carbocycles. The topological polar surface area (TPSA) is 41.1 Å². The van der Waals surface area contributed by atoms with Crippen molar-refractivity contribution in [2.75, 3.05) is 13.1 Å². The molecule has 0 saturated heterocycles. The first-order valence-electron chi connectivity index (χ1n) is 6.40. The van der Waals surface area contributed by atoms with E-state index >= 15 is 0 Å². The minimum Gasteiger partial charge on any atom is -0.348 e. The highest BCUT2D eigenvalue weighted by molar-refractivity contribution is 5.78. The molecular formula is C14H19FN2O. The van der Waals surface area contributed by atoms with E-state index in [1.165, 1.54) is 25.0 Å². The fourth-order valence-corrected chi connectivity index (χ4v) is 1.86. The molecule has 0 spiro atoms. The van der Waals surface area contributed by atoms with Crippen LogP contribution in [0.1, 0.15) is 31.4 Å². The zero-order chi connectivity index (χ0) is 13.0. The lowest BCUT2D eigenvalue weighted by molar-refractivity contribution is -0.120. The lowest BCUT2D eigenvalue weighted by atomic mass is 10.1. The van der Waals surface area contributed by atoms with Crippen LogP contribution < -0.4 is 10.6 Å². The Morgan fingerprint density at radius 2 is 2.28 bits per heavy atom. The number of hydrogen-bond acceptors (Lipinski definition) is 2. The zero-order valence-corrected chi connectivity index (χ0v) is 10.6. The van der Waals surface area contributed by atoms with Crippen molar-refractivity contribution in [3.05, 3.63) is 35.6 Å². The lowest BCUT2D eigenvalue weighted by Gasteiger charge is -2.14. The standard InChI is InChI=1S/C14H19FN2O/c1-10(12-3-2-4-13(15)7-12)17-14(18)9-16-8-11-5-6-11/h2-4,7,10-11,16H,5-6,8-9H2,1H3,(H,17,18)/t10-/m0/s1. The first kappa shape index (κ1) is 13.0. The van der Waals surface area contributed by atoms with Crippen molar-refractivity contribution in [2.24, 2.45) is 5.92 Å². The molecular weight excluding hydrogens is 231 g/mol. The van der Waals surface area contributed by atoms with Crippen LogP contribution in [0, 0.1) is 11.7 Å². The molecule has 2 N–H and O–H groups in total. The van der Waals surface area contributed by atoms with Gasteiger partial charge in [0.2, 0.25) is 5.91 Å². The van der Waals surface area contributed by atoms with Gasteiger partial charge in [0, 0.05) is 0 Å². The zero-order valence-electron chi connectivity index (χ0n) is 10.6. The highest BCUT2D eigenvalue weighted by Crippen LogP contribution is 2.27. The van der Waals surface area contributed by atoms with Crippen LogP contribution in [0.4, 0.5) is 4.39 Å². The van der Waals surface area contributed by atoms with Crippen LogP contribution in [0.2, 0.25) is 0 Å². The molecule has 1 aliphatic carbocycles. The number of halogens is 1. The second-order valence-electron chi connectivity index (χ2n) is 4.92. The third-order valence-electron chi connectivity index (χ3n) is 3.14. The molecule has 0 bridgehead atoms. The van der Waals surface area contributed by atoms with Crippen LogP contribution in [0.5, 0.6) is 0 Å². The molecule has 4 heteroatoms. The predicted molar refractivity (Wildman–Crippen MR) is 68.6 cm³/mol. The van der Waals surface area contributed by atoms with Gasteiger partial charge in [-0.1, -0.05) is 12.1 Å². The van der Waals surface area contributed by atoms with E-state index < -0.39 is 0 Å². The molecule has 1 saturated carbocycles. The molecule has 1 atom stereocenters. The van der Waals surface area contributed by atoms with Gasteiger partial charge in [-0.3, -0.25) is 4.79 Å². The van der Waals surface area contributed by atoms with Crippen molar-refractivity contribution in [3.8, 4) is 0 Å². The molecule has 0 unspecified atom stereocenters. The van der Waals surface area contributed by atoms with Crippen molar-refractivity contribution in [2.45, 2.75) is 25.8 Å². The molecule has 1 aromatic rings. The number of carbonyl (C=O) groups is 1. The molecule has 2 rings (SSSR count). The Kier molecular flexibility index (Phi) is 4.31. The minimum absolute atomic E-state index is 0.0487. The summed E-state index contributed by atoms with van der Waals surface area (Å²) in [4.78, 5) is 11.6. The van der Waals surface area contributed by atoms with E-state index in [2.05, 4.69) is 10.6 Å². The van der Waals surface area contributed by atoms with E-state index in [1.807, 2.05) is 13.0 Å². The number of rotatable bonds is 6. The van der Waals surface area contributed by atoms with Crippen LogP contribution in [-0.2, 0) is 4.79 Å². The van der Waals surface area contributed by atoms with Gasteiger partial charge in [0.25, 0.3) is 0 Å². The third-order valence-corrected chi connectivity index (χ3v) is 3.14. The maximum Gasteiger partial charge on any atom is 0.234 e. The van der Waals surface area contributed by atoms with Gasteiger partial charge in [0.1, 0.15) is 5.82 Å². The van der Waals surface area contributed by atoms with Gasteiger partial charge in [-0.05, 0) is 49.9 Å². The van der Waals surface area contributed by atoms with E-state index in [0.717, 1.165) is 18.0 Å². The van der Waals surface area contributed by atoms with Crippen molar-refractivity contribution >= 4 is 5.91 Å². The van der Waals surface area contributed by atoms with Gasteiger partial charge in [-0.25, -0.2) is 4.39 Å². The monoisotopic (exact) mass is 250 g/mol. The molecule has 1 fully saturated rings. The van der Waals surface area contributed by atoms with E-state index in [1.54, 1.807) is 6.07 Å². The number of carbonyl (C=O) groups excluding carboxylic acids is 1. The lowest BCUT2D eigenvalue weighted by Crippen LogP contribution is -2.36. The molecule has 18 heavy (non-hydrogen) atoms. The largest absolute Gasteiger partial charge is 0.348 e. The molecule has 0 aromatic heterocycles. The van der Waals surface area contributed by atoms with Gasteiger partial charge in [0.05, 0.1) is 12.6 Å². The van der Waals surface area contributed by atoms with Crippen LogP contribution >= 0.6 is 0 Å². The van der Waals surface area contributed by atoms with Gasteiger partial charge < -0.3 is 10.6 Å². The van der Waals surface area contributed by atoms with Crippen LogP contribution in [0.3, 0.4) is 0 Å². The Hall–Kier alpha value is -1.42. The van der Waals surface area contributed by atoms with E-state index in [0.29, 0.717) is 6.54 Å². The molecule has 98 valence electrons. The summed E-state index contributed by atoms with van der Waals surface area (Å²) in [5.74, 6) is 0.436. The Labute approximate surface area is 107 Å². The summed E-state index contributed by atoms with van der Waals surface area (Å²) >= 11 is 0. The average molecular weight is 250 g/mol. The second kappa shape index (κ2) is 5.96. The molecule has 0 heterocycles. The molecule has 0 aliphatic heterocycles. The predicted octanol–water partition coefficient (Wildman–Crippen LogP) is 2.00. The second-order valence-corrected chi connectivity index (χ2v) is 4.92. The van der Waals surface area contributed by atoms with Gasteiger partial charge in [-0.15, -0.1) is 0 Å². The van der Waals surface area contributed by atoms with Gasteiger partial charge >= 0.3 is 0 Å². The first-order valence-corrected chi connectivity index (χ1v) is 6.40.